The van der Waals surface area contributed by atoms with Gasteiger partial charge in [0.2, 0.25) is 0 Å². The Labute approximate surface area is 118 Å². The van der Waals surface area contributed by atoms with Crippen molar-refractivity contribution in [3.63, 3.8) is 0 Å². The largest absolute Gasteiger partial charge is 1.00 e. The molecule has 0 saturated carbocycles. The summed E-state index contributed by atoms with van der Waals surface area (Å²) in [6, 6.07) is 1.82. The van der Waals surface area contributed by atoms with Gasteiger partial charge < -0.3 is 1.43 Å². The van der Waals surface area contributed by atoms with E-state index in [2.05, 4.69) is 12.6 Å². The van der Waals surface area contributed by atoms with Crippen LogP contribution in [0.15, 0.2) is 10.4 Å². The van der Waals surface area contributed by atoms with Crippen LogP contribution in [0.5, 0.6) is 0 Å². The Kier molecular flexibility index (Phi) is 11.9. The van der Waals surface area contributed by atoms with Gasteiger partial charge in [0.1, 0.15) is 4.24 Å². The SMILES string of the molecule is N#CCS/C(S)=C/[N+](=O)[O-].[H-].[K+]. The maximum atomic E-state index is 9.76. The third-order valence-corrected chi connectivity index (χ3v) is 1.68. The molecule has 0 aliphatic heterocycles. The van der Waals surface area contributed by atoms with E-state index in [9.17, 15) is 10.1 Å². The van der Waals surface area contributed by atoms with Gasteiger partial charge in [-0.1, -0.05) is 11.8 Å². The number of nitriles is 1. The maximum absolute atomic E-state index is 9.76. The van der Waals surface area contributed by atoms with Gasteiger partial charge in [-0.05, 0) is 0 Å². The second-order valence-electron chi connectivity index (χ2n) is 1.20. The van der Waals surface area contributed by atoms with Gasteiger partial charge in [0, 0.05) is 0 Å². The van der Waals surface area contributed by atoms with E-state index in [4.69, 9.17) is 5.26 Å². The molecule has 0 aliphatic carbocycles. The molecule has 7 heteroatoms. The van der Waals surface area contributed by atoms with E-state index >= 15 is 0 Å². The average Bonchev–Trinajstić information content (AvgIpc) is 1.82. The van der Waals surface area contributed by atoms with Crippen LogP contribution in [0.3, 0.4) is 0 Å². The minimum atomic E-state index is -0.604. The fraction of sp³-hybridized carbons (Fsp3) is 0.250. The smallest absolute Gasteiger partial charge is 1.00 e. The second kappa shape index (κ2) is 9.06. The van der Waals surface area contributed by atoms with Gasteiger partial charge in [0.15, 0.2) is 0 Å². The topological polar surface area (TPSA) is 66.9 Å². The van der Waals surface area contributed by atoms with Crippen molar-refractivity contribution in [1.82, 2.24) is 0 Å². The number of rotatable bonds is 3. The van der Waals surface area contributed by atoms with Crippen molar-refractivity contribution in [1.29, 1.82) is 5.26 Å². The predicted octanol–water partition coefficient (Wildman–Crippen LogP) is -1.63. The minimum absolute atomic E-state index is 0. The van der Waals surface area contributed by atoms with Crippen LogP contribution in [0.1, 0.15) is 1.43 Å². The van der Waals surface area contributed by atoms with Gasteiger partial charge in [-0.25, -0.2) is 0 Å². The van der Waals surface area contributed by atoms with E-state index in [1.54, 1.807) is 0 Å². The van der Waals surface area contributed by atoms with Crippen LogP contribution in [0, 0.1) is 21.4 Å². The summed E-state index contributed by atoms with van der Waals surface area (Å²) in [6.45, 7) is 0. The molecule has 0 unspecified atom stereocenters. The summed E-state index contributed by atoms with van der Waals surface area (Å²) in [4.78, 5) is 9.15. The van der Waals surface area contributed by atoms with Gasteiger partial charge in [0.05, 0.1) is 16.7 Å². The molecule has 0 heterocycles. The number of hydrogen-bond acceptors (Lipinski definition) is 5. The molecule has 0 aliphatic rings. The maximum Gasteiger partial charge on any atom is 1.00 e. The molecule has 0 rings (SSSR count). The normalized spacial score (nSPS) is 9.64. The summed E-state index contributed by atoms with van der Waals surface area (Å²) < 4.78 is 0.242. The summed E-state index contributed by atoms with van der Waals surface area (Å²) in [7, 11) is 0. The molecule has 0 aromatic heterocycles. The molecule has 0 bridgehead atoms. The molecule has 0 fully saturated rings. The molecular weight excluding hydrogens is 211 g/mol. The first-order chi connectivity index (χ1) is 4.66. The van der Waals surface area contributed by atoms with Gasteiger partial charge in [0.25, 0.3) is 6.20 Å². The minimum Gasteiger partial charge on any atom is -1.00 e. The monoisotopic (exact) mass is 216 g/mol. The van der Waals surface area contributed by atoms with Gasteiger partial charge in [-0.3, -0.25) is 10.1 Å². The summed E-state index contributed by atoms with van der Waals surface area (Å²) in [5.74, 6) is 0.184. The molecule has 0 atom stereocenters. The zero-order valence-corrected chi connectivity index (χ0v) is 10.7. The van der Waals surface area contributed by atoms with Crippen LogP contribution in [0.4, 0.5) is 0 Å². The summed E-state index contributed by atoms with van der Waals surface area (Å²) >= 11 is 4.76. The third kappa shape index (κ3) is 11.0. The first-order valence-electron chi connectivity index (χ1n) is 2.21. The van der Waals surface area contributed by atoms with E-state index < -0.39 is 4.92 Å². The molecule has 56 valence electrons. The Morgan fingerprint density at radius 3 is 2.91 bits per heavy atom. The van der Waals surface area contributed by atoms with Crippen molar-refractivity contribution < 1.29 is 57.7 Å². The van der Waals surface area contributed by atoms with Crippen LogP contribution in [0.25, 0.3) is 0 Å². The summed E-state index contributed by atoms with van der Waals surface area (Å²) in [5, 5.41) is 17.8. The van der Waals surface area contributed by atoms with Crippen molar-refractivity contribution in [3.8, 4) is 6.07 Å². The average molecular weight is 216 g/mol. The summed E-state index contributed by atoms with van der Waals surface area (Å²) in [5.41, 5.74) is 0. The molecule has 0 amide bonds. The van der Waals surface area contributed by atoms with Gasteiger partial charge >= 0.3 is 51.4 Å². The van der Waals surface area contributed by atoms with E-state index in [0.29, 0.717) is 0 Å². The van der Waals surface area contributed by atoms with Crippen LogP contribution >= 0.6 is 24.4 Å². The summed E-state index contributed by atoms with van der Waals surface area (Å²) in [6.07, 6.45) is 0.755. The predicted molar refractivity (Wildman–Crippen MR) is 43.2 cm³/mol. The van der Waals surface area contributed by atoms with Crippen molar-refractivity contribution >= 4 is 24.4 Å². The molecule has 0 aromatic carbocycles. The zero-order chi connectivity index (χ0) is 7.98. The van der Waals surface area contributed by atoms with Crippen molar-refractivity contribution in [2.75, 3.05) is 5.75 Å². The Morgan fingerprint density at radius 1 is 2.00 bits per heavy atom. The first-order valence-corrected chi connectivity index (χ1v) is 3.64. The number of hydrogen-bond donors (Lipinski definition) is 1. The van der Waals surface area contributed by atoms with E-state index in [-0.39, 0.29) is 62.8 Å². The second-order valence-corrected chi connectivity index (χ2v) is 3.00. The molecule has 4 nitrogen and oxygen atoms in total. The van der Waals surface area contributed by atoms with Crippen LogP contribution in [0.2, 0.25) is 0 Å². The number of thioether (sulfide) groups is 1. The zero-order valence-electron chi connectivity index (χ0n) is 6.85. The molecule has 0 aromatic rings. The Balaban J connectivity index is -0.000000405. The van der Waals surface area contributed by atoms with Crippen molar-refractivity contribution in [2.24, 2.45) is 0 Å². The van der Waals surface area contributed by atoms with Crippen LogP contribution < -0.4 is 51.4 Å². The van der Waals surface area contributed by atoms with E-state index in [1.807, 2.05) is 6.07 Å². The van der Waals surface area contributed by atoms with Crippen molar-refractivity contribution in [2.45, 2.75) is 0 Å². The van der Waals surface area contributed by atoms with Gasteiger partial charge in [-0.2, -0.15) is 5.26 Å². The van der Waals surface area contributed by atoms with E-state index in [0.717, 1.165) is 18.0 Å². The standard InChI is InChI=1S/C4H4N2O2S2.K.H/c5-1-2-10-4(9)3-6(7)8;;/h3,9H,2H2;;/q;+1;-1/b4-3+;;. The molecule has 0 spiro atoms. The van der Waals surface area contributed by atoms with Gasteiger partial charge in [-0.15, -0.1) is 12.6 Å². The van der Waals surface area contributed by atoms with E-state index in [1.165, 1.54) is 0 Å². The third-order valence-electron chi connectivity index (χ3n) is 0.500. The Bertz CT molecular complexity index is 206. The van der Waals surface area contributed by atoms with Crippen molar-refractivity contribution in [3.05, 3.63) is 20.6 Å². The molecular formula is C4H5KN2O2S2. The first kappa shape index (κ1) is 14.5. The number of thiol groups is 1. The molecule has 0 N–H and O–H groups in total. The molecule has 11 heavy (non-hydrogen) atoms. The fourth-order valence-electron chi connectivity index (χ4n) is 0.234. The molecule has 0 saturated heterocycles. The number of nitrogens with zero attached hydrogens (tertiary/aromatic N) is 2. The molecule has 0 radical (unpaired) electrons. The Morgan fingerprint density at radius 2 is 2.55 bits per heavy atom. The van der Waals surface area contributed by atoms with Crippen LogP contribution in [-0.2, 0) is 0 Å². The Hall–Kier alpha value is 0.966. The quantitative estimate of drug-likeness (QED) is 0.266. The fourth-order valence-corrected chi connectivity index (χ4v) is 0.895. The number of nitro groups is 1. The van der Waals surface area contributed by atoms with Crippen LogP contribution in [-0.4, -0.2) is 10.7 Å².